The summed E-state index contributed by atoms with van der Waals surface area (Å²) in [5.74, 6) is 0. The summed E-state index contributed by atoms with van der Waals surface area (Å²) in [6.45, 7) is 0. The molecule has 0 aromatic heterocycles. The Balaban J connectivity index is 2.00. The van der Waals surface area contributed by atoms with Crippen LogP contribution < -0.4 is 5.73 Å². The number of alkyl halides is 3. The van der Waals surface area contributed by atoms with Crippen LogP contribution in [-0.4, -0.2) is 6.18 Å². The third-order valence-electron chi connectivity index (χ3n) is 3.41. The molecule has 120 valence electrons. The minimum absolute atomic E-state index is 0.265. The number of benzene rings is 1. The van der Waals surface area contributed by atoms with E-state index in [9.17, 15) is 13.2 Å². The predicted molar refractivity (Wildman–Crippen MR) is 85.2 cm³/mol. The number of rotatable bonds is 9. The highest BCUT2D eigenvalue weighted by Gasteiger charge is 2.25. The number of unbranched alkanes of at least 4 members (excludes halogenated alkanes) is 6. The van der Waals surface area contributed by atoms with E-state index in [-0.39, 0.29) is 6.42 Å². The van der Waals surface area contributed by atoms with Crippen LogP contribution in [0.25, 0.3) is 0 Å². The summed E-state index contributed by atoms with van der Waals surface area (Å²) >= 11 is 3.42. The minimum atomic E-state index is -3.99. The van der Waals surface area contributed by atoms with E-state index in [1.54, 1.807) is 0 Å². The molecule has 0 bridgehead atoms. The second kappa shape index (κ2) is 9.34. The van der Waals surface area contributed by atoms with Crippen LogP contribution in [0.5, 0.6) is 0 Å². The fourth-order valence-corrected chi connectivity index (χ4v) is 2.92. The molecule has 1 nitrogen and oxygen atoms in total. The first-order chi connectivity index (χ1) is 9.87. The normalized spacial score (nSPS) is 11.8. The maximum atomic E-state index is 11.9. The van der Waals surface area contributed by atoms with Gasteiger partial charge in [0.05, 0.1) is 0 Å². The average molecular weight is 366 g/mol. The molecule has 0 saturated heterocycles. The van der Waals surface area contributed by atoms with Crippen LogP contribution in [0.1, 0.15) is 56.9 Å². The van der Waals surface area contributed by atoms with Crippen molar-refractivity contribution in [2.24, 2.45) is 0 Å². The van der Waals surface area contributed by atoms with Gasteiger partial charge in [0.1, 0.15) is 0 Å². The van der Waals surface area contributed by atoms with E-state index in [0.29, 0.717) is 6.42 Å². The smallest absolute Gasteiger partial charge is 0.389 e. The molecule has 21 heavy (non-hydrogen) atoms. The van der Waals surface area contributed by atoms with Crippen LogP contribution in [-0.2, 0) is 6.42 Å². The van der Waals surface area contributed by atoms with Gasteiger partial charge in [-0.2, -0.15) is 13.2 Å². The van der Waals surface area contributed by atoms with Crippen LogP contribution in [0.15, 0.2) is 22.7 Å². The Hall–Kier alpha value is -0.710. The molecular weight excluding hydrogens is 343 g/mol. The van der Waals surface area contributed by atoms with Crippen LogP contribution in [0.3, 0.4) is 0 Å². The maximum Gasteiger partial charge on any atom is 0.389 e. The Morgan fingerprint density at radius 2 is 1.43 bits per heavy atom. The van der Waals surface area contributed by atoms with Gasteiger partial charge in [0, 0.05) is 16.6 Å². The highest BCUT2D eigenvalue weighted by Crippen LogP contribution is 2.23. The lowest BCUT2D eigenvalue weighted by atomic mass is 10.0. The third-order valence-corrected chi connectivity index (χ3v) is 3.86. The van der Waals surface area contributed by atoms with E-state index < -0.39 is 12.6 Å². The van der Waals surface area contributed by atoms with E-state index in [1.165, 1.54) is 5.56 Å². The molecule has 0 atom stereocenters. The molecule has 0 aliphatic heterocycles. The van der Waals surface area contributed by atoms with E-state index in [0.717, 1.165) is 48.7 Å². The molecule has 0 radical (unpaired) electrons. The van der Waals surface area contributed by atoms with Crippen LogP contribution in [0, 0.1) is 0 Å². The molecular formula is C16H23BrF3N. The zero-order valence-corrected chi connectivity index (χ0v) is 13.8. The van der Waals surface area contributed by atoms with Gasteiger partial charge in [0.15, 0.2) is 0 Å². The van der Waals surface area contributed by atoms with Gasteiger partial charge in [-0.25, -0.2) is 0 Å². The average Bonchev–Trinajstić information content (AvgIpc) is 2.34. The van der Waals surface area contributed by atoms with E-state index in [4.69, 9.17) is 5.73 Å². The van der Waals surface area contributed by atoms with Crippen molar-refractivity contribution >= 4 is 21.6 Å². The monoisotopic (exact) mass is 365 g/mol. The van der Waals surface area contributed by atoms with Crippen molar-refractivity contribution in [1.82, 2.24) is 0 Å². The van der Waals surface area contributed by atoms with Gasteiger partial charge in [-0.3, -0.25) is 0 Å². The number of hydrogen-bond acceptors (Lipinski definition) is 1. The Morgan fingerprint density at radius 1 is 0.857 bits per heavy atom. The molecule has 0 heterocycles. The van der Waals surface area contributed by atoms with Gasteiger partial charge in [0.2, 0.25) is 0 Å². The van der Waals surface area contributed by atoms with E-state index >= 15 is 0 Å². The number of nitrogens with two attached hydrogens (primary N) is 1. The SMILES string of the molecule is Nc1cc(Br)cc(CCCCCCCCCC(F)(F)F)c1. The molecule has 1 aromatic rings. The first-order valence-corrected chi connectivity index (χ1v) is 8.28. The van der Waals surface area contributed by atoms with E-state index in [2.05, 4.69) is 22.0 Å². The maximum absolute atomic E-state index is 11.9. The number of aryl methyl sites for hydroxylation is 1. The Bertz CT molecular complexity index is 398. The summed E-state index contributed by atoms with van der Waals surface area (Å²) in [6, 6.07) is 5.94. The third kappa shape index (κ3) is 9.77. The molecule has 1 rings (SSSR count). The molecule has 5 heteroatoms. The largest absolute Gasteiger partial charge is 0.399 e. The lowest BCUT2D eigenvalue weighted by Gasteiger charge is -2.06. The standard InChI is InChI=1S/C16H23BrF3N/c17-14-10-13(11-15(21)12-14)8-6-4-2-1-3-5-7-9-16(18,19)20/h10-12H,1-9,21H2. The zero-order chi connectivity index (χ0) is 15.7. The number of nitrogen functional groups attached to an aromatic ring is 1. The molecule has 0 aliphatic rings. The van der Waals surface area contributed by atoms with Crippen molar-refractivity contribution in [3.05, 3.63) is 28.2 Å². The van der Waals surface area contributed by atoms with Gasteiger partial charge in [0.25, 0.3) is 0 Å². The van der Waals surface area contributed by atoms with Crippen molar-refractivity contribution in [3.63, 3.8) is 0 Å². The van der Waals surface area contributed by atoms with Crippen LogP contribution in [0.2, 0.25) is 0 Å². The molecule has 0 unspecified atom stereocenters. The summed E-state index contributed by atoms with van der Waals surface area (Å²) in [5, 5.41) is 0. The molecule has 0 saturated carbocycles. The molecule has 2 N–H and O–H groups in total. The van der Waals surface area contributed by atoms with Crippen LogP contribution in [0.4, 0.5) is 18.9 Å². The van der Waals surface area contributed by atoms with Gasteiger partial charge in [-0.1, -0.05) is 48.0 Å². The van der Waals surface area contributed by atoms with Crippen molar-refractivity contribution in [2.45, 2.75) is 64.0 Å². The molecule has 1 aromatic carbocycles. The lowest BCUT2D eigenvalue weighted by Crippen LogP contribution is -2.06. The molecule has 0 fully saturated rings. The summed E-state index contributed by atoms with van der Waals surface area (Å²) in [6.07, 6.45) is 2.54. The fourth-order valence-electron chi connectivity index (χ4n) is 2.36. The first kappa shape index (κ1) is 18.3. The van der Waals surface area contributed by atoms with Crippen molar-refractivity contribution in [3.8, 4) is 0 Å². The molecule has 0 aliphatic carbocycles. The van der Waals surface area contributed by atoms with Crippen molar-refractivity contribution in [2.75, 3.05) is 5.73 Å². The highest BCUT2D eigenvalue weighted by atomic mass is 79.9. The number of anilines is 1. The quantitative estimate of drug-likeness (QED) is 0.405. The summed E-state index contributed by atoms with van der Waals surface area (Å²) in [5.41, 5.74) is 7.77. The van der Waals surface area contributed by atoms with Gasteiger partial charge in [-0.15, -0.1) is 0 Å². The minimum Gasteiger partial charge on any atom is -0.399 e. The highest BCUT2D eigenvalue weighted by molar-refractivity contribution is 9.10. The van der Waals surface area contributed by atoms with Gasteiger partial charge in [-0.05, 0) is 43.0 Å². The fraction of sp³-hybridized carbons (Fsp3) is 0.625. The predicted octanol–water partition coefficient (Wildman–Crippen LogP) is 6.26. The summed E-state index contributed by atoms with van der Waals surface area (Å²) < 4.78 is 36.8. The van der Waals surface area contributed by atoms with Crippen LogP contribution >= 0.6 is 15.9 Å². The lowest BCUT2D eigenvalue weighted by molar-refractivity contribution is -0.135. The topological polar surface area (TPSA) is 26.0 Å². The molecule has 0 amide bonds. The van der Waals surface area contributed by atoms with Crippen molar-refractivity contribution < 1.29 is 13.2 Å². The summed E-state index contributed by atoms with van der Waals surface area (Å²) in [7, 11) is 0. The summed E-state index contributed by atoms with van der Waals surface area (Å²) in [4.78, 5) is 0. The zero-order valence-electron chi connectivity index (χ0n) is 12.2. The second-order valence-corrected chi connectivity index (χ2v) is 6.40. The van der Waals surface area contributed by atoms with Gasteiger partial charge < -0.3 is 5.73 Å². The van der Waals surface area contributed by atoms with E-state index in [1.807, 2.05) is 12.1 Å². The number of hydrogen-bond donors (Lipinski definition) is 1. The van der Waals surface area contributed by atoms with Crippen molar-refractivity contribution in [1.29, 1.82) is 0 Å². The Labute approximate surface area is 133 Å². The number of halogens is 4. The van der Waals surface area contributed by atoms with Gasteiger partial charge >= 0.3 is 6.18 Å². The second-order valence-electron chi connectivity index (χ2n) is 5.48. The Morgan fingerprint density at radius 3 is 2.00 bits per heavy atom. The first-order valence-electron chi connectivity index (χ1n) is 7.48. The Kier molecular flexibility index (Phi) is 8.15. The molecule has 0 spiro atoms.